The maximum Gasteiger partial charge on any atom is 0.250 e. The summed E-state index contributed by atoms with van der Waals surface area (Å²) < 4.78 is 12.9. The van der Waals surface area contributed by atoms with E-state index < -0.39 is 17.1 Å². The standard InChI is InChI=1S/C28H40N2O5/c1-15(2)29-26(32)17(5)23(34-16(3)4)25-28-11-12-30(14-18-7-8-18)21(27(28,6)33)13-19-9-10-20(31)24(35-25)22(19)28/h9-10,15-16,18,21,25,31,33H,7-8,11-14H2,1-6H3,(H,29,32)/b23-17-/t21-,25+,27-,28+/m1/s1. The minimum Gasteiger partial charge on any atom is -0.504 e. The van der Waals surface area contributed by atoms with Crippen molar-refractivity contribution in [1.29, 1.82) is 0 Å². The molecule has 7 nitrogen and oxygen atoms in total. The Morgan fingerprint density at radius 1 is 1.29 bits per heavy atom. The Labute approximate surface area is 208 Å². The minimum atomic E-state index is -1.14. The number of phenolic OH excluding ortho intramolecular Hbond substituents is 1. The summed E-state index contributed by atoms with van der Waals surface area (Å²) in [7, 11) is 0. The van der Waals surface area contributed by atoms with Crippen LogP contribution >= 0.6 is 0 Å². The molecule has 1 aromatic carbocycles. The smallest absolute Gasteiger partial charge is 0.250 e. The number of hydrogen-bond acceptors (Lipinski definition) is 6. The molecule has 7 heteroatoms. The molecule has 4 atom stereocenters. The van der Waals surface area contributed by atoms with Crippen LogP contribution in [0.5, 0.6) is 11.5 Å². The third kappa shape index (κ3) is 3.73. The van der Waals surface area contributed by atoms with Crippen molar-refractivity contribution in [2.45, 2.75) is 103 Å². The lowest BCUT2D eigenvalue weighted by Crippen LogP contribution is -2.73. The summed E-state index contributed by atoms with van der Waals surface area (Å²) in [4.78, 5) is 15.6. The van der Waals surface area contributed by atoms with Crippen LogP contribution < -0.4 is 10.1 Å². The average molecular weight is 485 g/mol. The number of benzene rings is 1. The number of carbonyl (C=O) groups excluding carboxylic acids is 1. The molecule has 2 fully saturated rings. The SMILES string of the molecule is C/C(C(=O)NC(C)C)=C(/OC(C)C)[C@@H]1Oc2c(O)ccc3c2[C@@]12CCN(CC1CC1)[C@H](C3)[C@@]2(C)O. The van der Waals surface area contributed by atoms with Gasteiger partial charge in [-0.3, -0.25) is 9.69 Å². The van der Waals surface area contributed by atoms with Crippen molar-refractivity contribution >= 4 is 5.91 Å². The molecule has 0 unspecified atom stereocenters. The van der Waals surface area contributed by atoms with Crippen LogP contribution in [-0.4, -0.2) is 64.0 Å². The molecule has 35 heavy (non-hydrogen) atoms. The summed E-state index contributed by atoms with van der Waals surface area (Å²) in [5, 5.41) is 26.2. The highest BCUT2D eigenvalue weighted by Gasteiger charge is 2.69. The molecule has 1 aromatic rings. The maximum atomic E-state index is 13.1. The van der Waals surface area contributed by atoms with Crippen molar-refractivity contribution in [3.8, 4) is 11.5 Å². The van der Waals surface area contributed by atoms with E-state index in [2.05, 4.69) is 10.2 Å². The topological polar surface area (TPSA) is 91.3 Å². The van der Waals surface area contributed by atoms with Crippen molar-refractivity contribution in [3.63, 3.8) is 0 Å². The van der Waals surface area contributed by atoms with Crippen LogP contribution in [0.1, 0.15) is 71.9 Å². The van der Waals surface area contributed by atoms with Crippen LogP contribution in [0.15, 0.2) is 23.5 Å². The van der Waals surface area contributed by atoms with Gasteiger partial charge in [-0.15, -0.1) is 0 Å². The highest BCUT2D eigenvalue weighted by Crippen LogP contribution is 2.63. The summed E-state index contributed by atoms with van der Waals surface area (Å²) >= 11 is 0. The molecule has 2 heterocycles. The van der Waals surface area contributed by atoms with E-state index in [4.69, 9.17) is 9.47 Å². The van der Waals surface area contributed by atoms with Crippen LogP contribution in [-0.2, 0) is 21.4 Å². The number of aliphatic hydroxyl groups is 1. The largest absolute Gasteiger partial charge is 0.504 e. The van der Waals surface area contributed by atoms with Gasteiger partial charge in [0.15, 0.2) is 17.6 Å². The number of phenols is 1. The minimum absolute atomic E-state index is 0.0268. The number of nitrogens with one attached hydrogen (secondary N) is 1. The Balaban J connectivity index is 1.67. The maximum absolute atomic E-state index is 13.1. The van der Waals surface area contributed by atoms with E-state index in [1.54, 1.807) is 13.0 Å². The van der Waals surface area contributed by atoms with Gasteiger partial charge in [-0.05, 0) is 91.3 Å². The summed E-state index contributed by atoms with van der Waals surface area (Å²) in [6.45, 7) is 13.2. The van der Waals surface area contributed by atoms with Gasteiger partial charge in [0.05, 0.1) is 22.7 Å². The van der Waals surface area contributed by atoms with Gasteiger partial charge in [-0.25, -0.2) is 0 Å². The zero-order valence-electron chi connectivity index (χ0n) is 21.9. The summed E-state index contributed by atoms with van der Waals surface area (Å²) in [6, 6.07) is 3.57. The predicted octanol–water partition coefficient (Wildman–Crippen LogP) is 3.41. The molecule has 5 rings (SSSR count). The van der Waals surface area contributed by atoms with E-state index in [1.807, 2.05) is 40.7 Å². The first-order valence-corrected chi connectivity index (χ1v) is 13.1. The molecule has 1 saturated carbocycles. The van der Waals surface area contributed by atoms with E-state index in [1.165, 1.54) is 12.8 Å². The number of nitrogens with zero attached hydrogens (tertiary/aromatic N) is 1. The molecule has 1 amide bonds. The van der Waals surface area contributed by atoms with E-state index in [-0.39, 0.29) is 29.8 Å². The number of piperidine rings is 1. The zero-order chi connectivity index (χ0) is 25.3. The molecule has 1 spiro atoms. The lowest BCUT2D eigenvalue weighted by atomic mass is 9.53. The summed E-state index contributed by atoms with van der Waals surface area (Å²) in [5.41, 5.74) is 0.460. The second kappa shape index (κ2) is 8.41. The van der Waals surface area contributed by atoms with Gasteiger partial charge in [0, 0.05) is 24.2 Å². The summed E-state index contributed by atoms with van der Waals surface area (Å²) in [5.74, 6) is 1.43. The lowest BCUT2D eigenvalue weighted by Gasteiger charge is -2.60. The second-order valence-electron chi connectivity index (χ2n) is 11.8. The van der Waals surface area contributed by atoms with Gasteiger partial charge in [0.2, 0.25) is 0 Å². The number of hydrogen-bond donors (Lipinski definition) is 3. The van der Waals surface area contributed by atoms with Crippen LogP contribution in [0.3, 0.4) is 0 Å². The van der Waals surface area contributed by atoms with Crippen molar-refractivity contribution in [3.05, 3.63) is 34.6 Å². The molecule has 2 aliphatic carbocycles. The van der Waals surface area contributed by atoms with Crippen LogP contribution in [0, 0.1) is 5.92 Å². The third-order valence-corrected chi connectivity index (χ3v) is 8.47. The number of aromatic hydroxyl groups is 1. The van der Waals surface area contributed by atoms with Gasteiger partial charge in [0.1, 0.15) is 5.76 Å². The van der Waals surface area contributed by atoms with Gasteiger partial charge < -0.3 is 25.0 Å². The Kier molecular flexibility index (Phi) is 5.87. The number of carbonyl (C=O) groups is 1. The fourth-order valence-electron chi connectivity index (χ4n) is 6.64. The Morgan fingerprint density at radius 3 is 2.63 bits per heavy atom. The highest BCUT2D eigenvalue weighted by molar-refractivity contribution is 5.93. The normalized spacial score (nSPS) is 32.3. The van der Waals surface area contributed by atoms with Gasteiger partial charge in [0.25, 0.3) is 5.91 Å². The molecular formula is C28H40N2O5. The monoisotopic (exact) mass is 484 g/mol. The van der Waals surface area contributed by atoms with E-state index in [9.17, 15) is 15.0 Å². The molecule has 1 saturated heterocycles. The first-order chi connectivity index (χ1) is 16.5. The van der Waals surface area contributed by atoms with Gasteiger partial charge in [-0.2, -0.15) is 0 Å². The highest BCUT2D eigenvalue weighted by atomic mass is 16.6. The van der Waals surface area contributed by atoms with Crippen molar-refractivity contribution in [1.82, 2.24) is 10.2 Å². The molecule has 2 aliphatic heterocycles. The Morgan fingerprint density at radius 2 is 2.00 bits per heavy atom. The Hall–Kier alpha value is -2.25. The first kappa shape index (κ1) is 24.4. The van der Waals surface area contributed by atoms with Crippen molar-refractivity contribution in [2.75, 3.05) is 13.1 Å². The summed E-state index contributed by atoms with van der Waals surface area (Å²) in [6.07, 6.45) is 2.97. The number of rotatable bonds is 7. The average Bonchev–Trinajstić information content (AvgIpc) is 3.50. The Bertz CT molecular complexity index is 1060. The quantitative estimate of drug-likeness (QED) is 0.406. The number of amides is 1. The lowest BCUT2D eigenvalue weighted by molar-refractivity contribution is -0.156. The fourth-order valence-corrected chi connectivity index (χ4v) is 6.64. The second-order valence-corrected chi connectivity index (χ2v) is 11.8. The first-order valence-electron chi connectivity index (χ1n) is 13.1. The van der Waals surface area contributed by atoms with Gasteiger partial charge >= 0.3 is 0 Å². The van der Waals surface area contributed by atoms with E-state index >= 15 is 0 Å². The number of ether oxygens (including phenoxy) is 2. The molecule has 192 valence electrons. The van der Waals surface area contributed by atoms with E-state index in [0.29, 0.717) is 35.8 Å². The van der Waals surface area contributed by atoms with Crippen molar-refractivity contribution < 1.29 is 24.5 Å². The molecule has 0 aromatic heterocycles. The van der Waals surface area contributed by atoms with Crippen LogP contribution in [0.4, 0.5) is 0 Å². The number of fused-ring (bicyclic) bond motifs is 1. The predicted molar refractivity (Wildman–Crippen MR) is 133 cm³/mol. The van der Waals surface area contributed by atoms with Crippen molar-refractivity contribution in [2.24, 2.45) is 5.92 Å². The fraction of sp³-hybridized carbons (Fsp3) is 0.679. The zero-order valence-corrected chi connectivity index (χ0v) is 21.9. The van der Waals surface area contributed by atoms with Crippen LogP contribution in [0.2, 0.25) is 0 Å². The third-order valence-electron chi connectivity index (χ3n) is 8.47. The molecule has 4 aliphatic rings. The molecule has 0 radical (unpaired) electrons. The molecular weight excluding hydrogens is 444 g/mol. The molecule has 3 N–H and O–H groups in total. The van der Waals surface area contributed by atoms with E-state index in [0.717, 1.165) is 24.2 Å². The van der Waals surface area contributed by atoms with Gasteiger partial charge in [-0.1, -0.05) is 6.07 Å². The number of likely N-dealkylation sites (tertiary alicyclic amines) is 1. The van der Waals surface area contributed by atoms with Crippen LogP contribution in [0.25, 0.3) is 0 Å². The molecule has 2 bridgehead atoms.